The lowest BCUT2D eigenvalue weighted by Crippen LogP contribution is -3.09. The lowest BCUT2D eigenvalue weighted by molar-refractivity contribution is -0.901. The monoisotopic (exact) mass is 346 g/mol. The quantitative estimate of drug-likeness (QED) is 0.729. The smallest absolute Gasteiger partial charge is 0.251 e. The molecule has 0 radical (unpaired) electrons. The van der Waals surface area contributed by atoms with Crippen molar-refractivity contribution >= 4 is 5.91 Å². The van der Waals surface area contributed by atoms with Gasteiger partial charge in [-0.25, -0.2) is 0 Å². The van der Waals surface area contributed by atoms with Gasteiger partial charge < -0.3 is 14.8 Å². The van der Waals surface area contributed by atoms with Gasteiger partial charge >= 0.3 is 0 Å². The zero-order valence-corrected chi connectivity index (χ0v) is 14.8. The van der Waals surface area contributed by atoms with E-state index in [4.69, 9.17) is 0 Å². The Balaban J connectivity index is 1.32. The molecule has 132 valence electrons. The summed E-state index contributed by atoms with van der Waals surface area (Å²) in [7, 11) is 0. The van der Waals surface area contributed by atoms with Crippen LogP contribution in [0.25, 0.3) is 5.69 Å². The maximum Gasteiger partial charge on any atom is 0.251 e. The molecule has 1 amide bonds. The standard InChI is InChI=1S/C22H23N3O/c26-22(19-8-10-21(11-9-19)25-13-4-5-14-25)23-20-12-15-24(17-20)16-18-6-2-1-3-7-18/h1-11,13-14,20H,12,15-17H2,(H,23,26)/p+1/t20-/m0/s1. The van der Waals surface area contributed by atoms with Crippen LogP contribution < -0.4 is 10.2 Å². The molecule has 3 aromatic rings. The van der Waals surface area contributed by atoms with Crippen LogP contribution in [0.2, 0.25) is 0 Å². The van der Waals surface area contributed by atoms with E-state index in [9.17, 15) is 4.79 Å². The molecule has 0 saturated carbocycles. The van der Waals surface area contributed by atoms with Crippen molar-refractivity contribution in [2.24, 2.45) is 0 Å². The summed E-state index contributed by atoms with van der Waals surface area (Å²) in [4.78, 5) is 14.1. The number of hydrogen-bond donors (Lipinski definition) is 2. The van der Waals surface area contributed by atoms with Crippen molar-refractivity contribution in [3.8, 4) is 5.69 Å². The zero-order chi connectivity index (χ0) is 17.8. The number of benzene rings is 2. The van der Waals surface area contributed by atoms with Gasteiger partial charge in [0.05, 0.1) is 19.1 Å². The second kappa shape index (κ2) is 7.58. The number of rotatable bonds is 5. The van der Waals surface area contributed by atoms with E-state index in [1.807, 2.05) is 59.4 Å². The molecule has 2 aromatic carbocycles. The Labute approximate surface area is 154 Å². The fraction of sp³-hybridized carbons (Fsp3) is 0.227. The summed E-state index contributed by atoms with van der Waals surface area (Å²) in [6.45, 7) is 3.12. The van der Waals surface area contributed by atoms with Gasteiger partial charge in [-0.15, -0.1) is 0 Å². The third-order valence-corrected chi connectivity index (χ3v) is 5.05. The predicted molar refractivity (Wildman–Crippen MR) is 102 cm³/mol. The van der Waals surface area contributed by atoms with E-state index in [-0.39, 0.29) is 11.9 Å². The van der Waals surface area contributed by atoms with Crippen LogP contribution in [0.3, 0.4) is 0 Å². The van der Waals surface area contributed by atoms with E-state index in [2.05, 4.69) is 29.6 Å². The highest BCUT2D eigenvalue weighted by Crippen LogP contribution is 2.10. The van der Waals surface area contributed by atoms with Crippen LogP contribution in [0, 0.1) is 0 Å². The molecule has 1 unspecified atom stereocenters. The maximum absolute atomic E-state index is 12.5. The molecule has 2 N–H and O–H groups in total. The summed E-state index contributed by atoms with van der Waals surface area (Å²) in [5, 5.41) is 3.20. The average molecular weight is 346 g/mol. The Hall–Kier alpha value is -2.85. The Morgan fingerprint density at radius 2 is 1.73 bits per heavy atom. The first-order valence-electron chi connectivity index (χ1n) is 9.20. The van der Waals surface area contributed by atoms with Crippen molar-refractivity contribution in [2.75, 3.05) is 13.1 Å². The number of carbonyl (C=O) groups excluding carboxylic acids is 1. The van der Waals surface area contributed by atoms with Crippen LogP contribution in [-0.4, -0.2) is 29.6 Å². The lowest BCUT2D eigenvalue weighted by atomic mass is 10.1. The summed E-state index contributed by atoms with van der Waals surface area (Å²) >= 11 is 0. The first-order chi connectivity index (χ1) is 12.8. The highest BCUT2D eigenvalue weighted by atomic mass is 16.1. The summed E-state index contributed by atoms with van der Waals surface area (Å²) < 4.78 is 2.03. The summed E-state index contributed by atoms with van der Waals surface area (Å²) in [5.74, 6) is 0.0232. The molecular weight excluding hydrogens is 322 g/mol. The third kappa shape index (κ3) is 3.86. The fourth-order valence-corrected chi connectivity index (χ4v) is 3.66. The first kappa shape index (κ1) is 16.6. The molecule has 1 fully saturated rings. The second-order valence-corrected chi connectivity index (χ2v) is 6.96. The van der Waals surface area contributed by atoms with Crippen molar-refractivity contribution in [2.45, 2.75) is 19.0 Å². The molecule has 4 heteroatoms. The Kier molecular flexibility index (Phi) is 4.84. The highest BCUT2D eigenvalue weighted by molar-refractivity contribution is 5.94. The SMILES string of the molecule is O=C(N[C@H]1CC[NH+](Cc2ccccc2)C1)c1ccc(-n2cccc2)cc1. The van der Waals surface area contributed by atoms with Gasteiger partial charge in [0.25, 0.3) is 5.91 Å². The van der Waals surface area contributed by atoms with Crippen molar-refractivity contribution in [3.05, 3.63) is 90.3 Å². The number of amides is 1. The number of nitrogens with zero attached hydrogens (tertiary/aromatic N) is 1. The number of carbonyl (C=O) groups is 1. The minimum absolute atomic E-state index is 0.0232. The summed E-state index contributed by atoms with van der Waals surface area (Å²) in [5.41, 5.74) is 3.14. The summed E-state index contributed by atoms with van der Waals surface area (Å²) in [6, 6.07) is 22.6. The molecule has 2 heterocycles. The largest absolute Gasteiger partial charge is 0.343 e. The van der Waals surface area contributed by atoms with Gasteiger partial charge in [-0.3, -0.25) is 4.79 Å². The number of nitrogens with one attached hydrogen (secondary N) is 2. The van der Waals surface area contributed by atoms with E-state index >= 15 is 0 Å². The van der Waals surface area contributed by atoms with Gasteiger partial charge in [0.1, 0.15) is 6.54 Å². The van der Waals surface area contributed by atoms with Crippen LogP contribution >= 0.6 is 0 Å². The van der Waals surface area contributed by atoms with Crippen LogP contribution in [0.15, 0.2) is 79.1 Å². The number of aromatic nitrogens is 1. The van der Waals surface area contributed by atoms with Gasteiger partial charge in [0.15, 0.2) is 0 Å². The molecule has 4 rings (SSSR count). The molecule has 1 aliphatic rings. The van der Waals surface area contributed by atoms with Crippen LogP contribution in [0.4, 0.5) is 0 Å². The molecule has 2 atom stereocenters. The molecule has 0 aliphatic carbocycles. The number of hydrogen-bond acceptors (Lipinski definition) is 1. The Bertz CT molecular complexity index is 841. The lowest BCUT2D eigenvalue weighted by Gasteiger charge is -2.14. The molecule has 4 nitrogen and oxygen atoms in total. The van der Waals surface area contributed by atoms with Crippen LogP contribution in [0.5, 0.6) is 0 Å². The number of quaternary nitrogens is 1. The molecule has 0 spiro atoms. The third-order valence-electron chi connectivity index (χ3n) is 5.05. The predicted octanol–water partition coefficient (Wildman–Crippen LogP) is 2.06. The molecule has 1 aromatic heterocycles. The van der Waals surface area contributed by atoms with Gasteiger partial charge in [0.2, 0.25) is 0 Å². The topological polar surface area (TPSA) is 38.5 Å². The van der Waals surface area contributed by atoms with E-state index in [1.54, 1.807) is 0 Å². The minimum Gasteiger partial charge on any atom is -0.343 e. The molecule has 26 heavy (non-hydrogen) atoms. The fourth-order valence-electron chi connectivity index (χ4n) is 3.66. The van der Waals surface area contributed by atoms with E-state index in [0.29, 0.717) is 0 Å². The molecule has 0 bridgehead atoms. The van der Waals surface area contributed by atoms with E-state index < -0.39 is 0 Å². The van der Waals surface area contributed by atoms with Gasteiger partial charge in [-0.2, -0.15) is 0 Å². The normalized spacial score (nSPS) is 19.4. The van der Waals surface area contributed by atoms with Crippen molar-refractivity contribution < 1.29 is 9.69 Å². The second-order valence-electron chi connectivity index (χ2n) is 6.96. The van der Waals surface area contributed by atoms with Crippen molar-refractivity contribution in [3.63, 3.8) is 0 Å². The van der Waals surface area contributed by atoms with Crippen molar-refractivity contribution in [1.29, 1.82) is 0 Å². The first-order valence-corrected chi connectivity index (χ1v) is 9.20. The van der Waals surface area contributed by atoms with Crippen LogP contribution in [0.1, 0.15) is 22.3 Å². The van der Waals surface area contributed by atoms with Crippen LogP contribution in [-0.2, 0) is 6.54 Å². The Morgan fingerprint density at radius 3 is 2.46 bits per heavy atom. The number of likely N-dealkylation sites (tertiary alicyclic amines) is 1. The van der Waals surface area contributed by atoms with E-state index in [1.165, 1.54) is 10.5 Å². The zero-order valence-electron chi connectivity index (χ0n) is 14.8. The highest BCUT2D eigenvalue weighted by Gasteiger charge is 2.27. The van der Waals surface area contributed by atoms with Crippen molar-refractivity contribution in [1.82, 2.24) is 9.88 Å². The van der Waals surface area contributed by atoms with Gasteiger partial charge in [-0.05, 0) is 36.4 Å². The van der Waals surface area contributed by atoms with E-state index in [0.717, 1.165) is 37.3 Å². The van der Waals surface area contributed by atoms with Gasteiger partial charge in [-0.1, -0.05) is 30.3 Å². The van der Waals surface area contributed by atoms with Gasteiger partial charge in [0, 0.05) is 35.6 Å². The maximum atomic E-state index is 12.5. The summed E-state index contributed by atoms with van der Waals surface area (Å²) in [6.07, 6.45) is 5.03. The molecule has 1 saturated heterocycles. The molecular formula is C22H24N3O+. The minimum atomic E-state index is 0.0232. The Morgan fingerprint density at radius 1 is 1.00 bits per heavy atom. The average Bonchev–Trinajstić information content (AvgIpc) is 3.35. The molecule has 1 aliphatic heterocycles.